The zero-order chi connectivity index (χ0) is 22.0. The number of rotatable bonds is 4. The molecule has 8 heteroatoms. The molecule has 1 aliphatic heterocycles. The molecule has 1 saturated heterocycles. The van der Waals surface area contributed by atoms with Gasteiger partial charge in [-0.15, -0.1) is 0 Å². The molecule has 166 valence electrons. The van der Waals surface area contributed by atoms with Crippen molar-refractivity contribution in [2.45, 2.75) is 64.5 Å². The van der Waals surface area contributed by atoms with Crippen molar-refractivity contribution in [3.05, 3.63) is 44.5 Å². The van der Waals surface area contributed by atoms with Crippen molar-refractivity contribution >= 4 is 22.8 Å². The molecule has 0 bridgehead atoms. The van der Waals surface area contributed by atoms with E-state index in [9.17, 15) is 19.2 Å². The van der Waals surface area contributed by atoms with E-state index in [2.05, 4.69) is 10.3 Å². The summed E-state index contributed by atoms with van der Waals surface area (Å²) in [5.41, 5.74) is 0.286. The highest BCUT2D eigenvalue weighted by atomic mass is 16.2. The zero-order valence-electron chi connectivity index (χ0n) is 18.0. The molecule has 2 N–H and O–H groups in total. The Balaban J connectivity index is 1.41. The van der Waals surface area contributed by atoms with Crippen molar-refractivity contribution in [1.82, 2.24) is 19.8 Å². The highest BCUT2D eigenvalue weighted by Crippen LogP contribution is 2.24. The number of amides is 2. The first-order valence-corrected chi connectivity index (χ1v) is 11.3. The van der Waals surface area contributed by atoms with Crippen LogP contribution in [0.25, 0.3) is 11.0 Å². The van der Waals surface area contributed by atoms with Crippen LogP contribution >= 0.6 is 0 Å². The average molecular weight is 427 g/mol. The van der Waals surface area contributed by atoms with Gasteiger partial charge in [0.05, 0.1) is 11.0 Å². The smallest absolute Gasteiger partial charge is 0.316 e. The number of fused-ring (bicyclic) bond motifs is 1. The van der Waals surface area contributed by atoms with Gasteiger partial charge in [-0.25, -0.2) is 0 Å². The van der Waals surface area contributed by atoms with Gasteiger partial charge in [-0.2, -0.15) is 0 Å². The van der Waals surface area contributed by atoms with Crippen LogP contribution in [0.15, 0.2) is 27.8 Å². The van der Waals surface area contributed by atoms with Gasteiger partial charge in [0, 0.05) is 37.2 Å². The Bertz CT molecular complexity index is 1090. The number of aromatic nitrogens is 2. The highest BCUT2D eigenvalue weighted by molar-refractivity contribution is 5.97. The maximum atomic E-state index is 13.0. The molecule has 1 aromatic carbocycles. The number of carbonyl (C=O) groups excluding carboxylic acids is 2. The summed E-state index contributed by atoms with van der Waals surface area (Å²) < 4.78 is 1.41. The largest absolute Gasteiger partial charge is 0.353 e. The van der Waals surface area contributed by atoms with E-state index in [0.717, 1.165) is 38.5 Å². The fraction of sp³-hybridized carbons (Fsp3) is 0.565. The van der Waals surface area contributed by atoms with Crippen molar-refractivity contribution in [3.8, 4) is 0 Å². The molecule has 4 rings (SSSR count). The third-order valence-electron chi connectivity index (χ3n) is 6.64. The first-order valence-electron chi connectivity index (χ1n) is 11.3. The highest BCUT2D eigenvalue weighted by Gasteiger charge is 2.28. The van der Waals surface area contributed by atoms with Crippen molar-refractivity contribution in [3.63, 3.8) is 0 Å². The molecule has 0 unspecified atom stereocenters. The van der Waals surface area contributed by atoms with Gasteiger partial charge < -0.3 is 19.8 Å². The van der Waals surface area contributed by atoms with Crippen LogP contribution in [-0.4, -0.2) is 45.4 Å². The van der Waals surface area contributed by atoms with Gasteiger partial charge in [0.1, 0.15) is 0 Å². The fourth-order valence-corrected chi connectivity index (χ4v) is 4.82. The SMILES string of the molecule is CCn1c(=O)c(=O)[nH]c2cc(C(=O)N3CCC(NC(=O)C4CCCCC4)CC3)ccc21. The molecule has 0 radical (unpaired) electrons. The van der Waals surface area contributed by atoms with Gasteiger partial charge in [0.15, 0.2) is 0 Å². The number of carbonyl (C=O) groups is 2. The van der Waals surface area contributed by atoms with Gasteiger partial charge in [-0.3, -0.25) is 19.2 Å². The van der Waals surface area contributed by atoms with Gasteiger partial charge in [0.2, 0.25) is 5.91 Å². The van der Waals surface area contributed by atoms with Gasteiger partial charge >= 0.3 is 11.1 Å². The number of aryl methyl sites for hydroxylation is 1. The second-order valence-electron chi connectivity index (χ2n) is 8.65. The summed E-state index contributed by atoms with van der Waals surface area (Å²) in [5.74, 6) is 0.215. The van der Waals surface area contributed by atoms with Gasteiger partial charge in [0.25, 0.3) is 5.91 Å². The fourth-order valence-electron chi connectivity index (χ4n) is 4.82. The van der Waals surface area contributed by atoms with E-state index >= 15 is 0 Å². The molecule has 31 heavy (non-hydrogen) atoms. The number of benzene rings is 1. The van der Waals surface area contributed by atoms with Crippen molar-refractivity contribution in [2.24, 2.45) is 5.92 Å². The number of nitrogens with zero attached hydrogens (tertiary/aromatic N) is 2. The predicted molar refractivity (Wildman–Crippen MR) is 118 cm³/mol. The Kier molecular flexibility index (Phi) is 6.25. The minimum absolute atomic E-state index is 0.103. The van der Waals surface area contributed by atoms with Crippen LogP contribution in [0.1, 0.15) is 62.2 Å². The molecule has 2 heterocycles. The lowest BCUT2D eigenvalue weighted by atomic mass is 9.88. The van der Waals surface area contributed by atoms with Crippen LogP contribution in [0.5, 0.6) is 0 Å². The summed E-state index contributed by atoms with van der Waals surface area (Å²) in [4.78, 5) is 53.8. The summed E-state index contributed by atoms with van der Waals surface area (Å²) in [7, 11) is 0. The number of hydrogen-bond acceptors (Lipinski definition) is 4. The van der Waals surface area contributed by atoms with E-state index in [4.69, 9.17) is 0 Å². The van der Waals surface area contributed by atoms with Crippen LogP contribution in [-0.2, 0) is 11.3 Å². The minimum atomic E-state index is -0.687. The molecule has 2 amide bonds. The van der Waals surface area contributed by atoms with Crippen LogP contribution in [0, 0.1) is 5.92 Å². The maximum absolute atomic E-state index is 13.0. The zero-order valence-corrected chi connectivity index (χ0v) is 18.0. The van der Waals surface area contributed by atoms with E-state index in [1.54, 1.807) is 30.0 Å². The van der Waals surface area contributed by atoms with E-state index in [1.807, 2.05) is 0 Å². The maximum Gasteiger partial charge on any atom is 0.316 e. The Morgan fingerprint density at radius 3 is 2.45 bits per heavy atom. The number of likely N-dealkylation sites (tertiary alicyclic amines) is 1. The summed E-state index contributed by atoms with van der Waals surface area (Å²) in [6.07, 6.45) is 6.95. The van der Waals surface area contributed by atoms with Crippen LogP contribution < -0.4 is 16.4 Å². The Labute approximate surface area is 180 Å². The quantitative estimate of drug-likeness (QED) is 0.730. The van der Waals surface area contributed by atoms with E-state index in [1.165, 1.54) is 11.0 Å². The van der Waals surface area contributed by atoms with Crippen LogP contribution in [0.2, 0.25) is 0 Å². The normalized spacial score (nSPS) is 18.3. The van der Waals surface area contributed by atoms with Crippen LogP contribution in [0.4, 0.5) is 0 Å². The first kappa shape index (κ1) is 21.3. The number of aromatic amines is 1. The molecular weight excluding hydrogens is 396 g/mol. The molecule has 2 fully saturated rings. The van der Waals surface area contributed by atoms with Crippen molar-refractivity contribution < 1.29 is 9.59 Å². The number of piperidine rings is 1. The van der Waals surface area contributed by atoms with E-state index in [0.29, 0.717) is 36.2 Å². The summed E-state index contributed by atoms with van der Waals surface area (Å²) in [6.45, 7) is 3.35. The van der Waals surface area contributed by atoms with Crippen molar-refractivity contribution in [1.29, 1.82) is 0 Å². The molecule has 1 aliphatic carbocycles. The van der Waals surface area contributed by atoms with Gasteiger partial charge in [-0.05, 0) is 50.8 Å². The van der Waals surface area contributed by atoms with E-state index in [-0.39, 0.29) is 23.8 Å². The Morgan fingerprint density at radius 1 is 1.06 bits per heavy atom. The number of nitrogens with one attached hydrogen (secondary N) is 2. The average Bonchev–Trinajstić information content (AvgIpc) is 2.80. The monoisotopic (exact) mass is 426 g/mol. The lowest BCUT2D eigenvalue weighted by molar-refractivity contribution is -0.126. The number of hydrogen-bond donors (Lipinski definition) is 2. The third-order valence-corrected chi connectivity index (χ3v) is 6.64. The molecule has 8 nitrogen and oxygen atoms in total. The third kappa shape index (κ3) is 4.43. The van der Waals surface area contributed by atoms with Crippen molar-refractivity contribution in [2.75, 3.05) is 13.1 Å². The molecular formula is C23H30N4O4. The molecule has 2 aromatic rings. The van der Waals surface area contributed by atoms with E-state index < -0.39 is 11.1 Å². The second-order valence-corrected chi connectivity index (χ2v) is 8.65. The summed E-state index contributed by atoms with van der Waals surface area (Å²) in [6, 6.07) is 5.17. The Hall–Kier alpha value is -2.90. The Morgan fingerprint density at radius 2 is 1.77 bits per heavy atom. The summed E-state index contributed by atoms with van der Waals surface area (Å²) >= 11 is 0. The molecule has 2 aliphatic rings. The topological polar surface area (TPSA) is 104 Å². The summed E-state index contributed by atoms with van der Waals surface area (Å²) in [5, 5.41) is 3.19. The lowest BCUT2D eigenvalue weighted by Crippen LogP contribution is -2.48. The molecule has 1 aromatic heterocycles. The number of H-pyrrole nitrogens is 1. The predicted octanol–water partition coefficient (Wildman–Crippen LogP) is 2.01. The minimum Gasteiger partial charge on any atom is -0.353 e. The standard InChI is InChI=1S/C23H30N4O4/c1-2-27-19-9-8-16(14-18(19)25-21(29)23(27)31)22(30)26-12-10-17(11-13-26)24-20(28)15-6-4-3-5-7-15/h8-9,14-15,17H,2-7,10-13H2,1H3,(H,24,28)(H,25,29). The van der Waals surface area contributed by atoms with Gasteiger partial charge in [-0.1, -0.05) is 19.3 Å². The molecule has 1 saturated carbocycles. The van der Waals surface area contributed by atoms with Crippen LogP contribution in [0.3, 0.4) is 0 Å². The lowest BCUT2D eigenvalue weighted by Gasteiger charge is -2.33. The molecule has 0 spiro atoms. The second kappa shape index (κ2) is 9.08. The molecule has 0 atom stereocenters. The first-order chi connectivity index (χ1) is 15.0.